The summed E-state index contributed by atoms with van der Waals surface area (Å²) in [5, 5.41) is 0. The fourth-order valence-electron chi connectivity index (χ4n) is 7.87. The van der Waals surface area contributed by atoms with Crippen molar-refractivity contribution < 1.29 is 9.13 Å². The van der Waals surface area contributed by atoms with Crippen LogP contribution in [-0.4, -0.2) is 13.3 Å². The number of ether oxygens (including phenoxy) is 1. The van der Waals surface area contributed by atoms with E-state index >= 15 is 0 Å². The smallest absolute Gasteiger partial charge is 0.119 e. The van der Waals surface area contributed by atoms with Crippen molar-refractivity contribution >= 4 is 0 Å². The number of hydrogen-bond donors (Lipinski definition) is 0. The van der Waals surface area contributed by atoms with Gasteiger partial charge in [-0.1, -0.05) is 57.6 Å². The molecule has 198 valence electrons. The zero-order valence-electron chi connectivity index (χ0n) is 22.7. The molecule has 0 N–H and O–H groups in total. The second-order valence-electron chi connectivity index (χ2n) is 12.4. The summed E-state index contributed by atoms with van der Waals surface area (Å²) >= 11 is 0. The van der Waals surface area contributed by atoms with Gasteiger partial charge in [0.15, 0.2) is 0 Å². The van der Waals surface area contributed by atoms with Crippen LogP contribution in [0.15, 0.2) is 24.3 Å². The van der Waals surface area contributed by atoms with Gasteiger partial charge in [-0.2, -0.15) is 0 Å². The van der Waals surface area contributed by atoms with Crippen LogP contribution >= 0.6 is 0 Å². The molecule has 0 bridgehead atoms. The molecule has 0 radical (unpaired) electrons. The molecular weight excluding hydrogens is 431 g/mol. The zero-order chi connectivity index (χ0) is 24.3. The Bertz CT molecular complexity index is 676. The normalized spacial score (nSPS) is 31.8. The Kier molecular flexibility index (Phi) is 11.3. The maximum Gasteiger partial charge on any atom is 0.119 e. The number of rotatable bonds is 12. The van der Waals surface area contributed by atoms with E-state index in [-0.39, 0.29) is 6.67 Å². The Morgan fingerprint density at radius 3 is 1.74 bits per heavy atom. The number of alkyl halides is 1. The molecule has 3 aliphatic rings. The quantitative estimate of drug-likeness (QED) is 0.268. The first-order valence-electron chi connectivity index (χ1n) is 15.6. The van der Waals surface area contributed by atoms with E-state index in [4.69, 9.17) is 4.74 Å². The summed E-state index contributed by atoms with van der Waals surface area (Å²) in [5.41, 5.74) is 1.54. The monoisotopic (exact) mass is 484 g/mol. The average molecular weight is 485 g/mol. The largest absolute Gasteiger partial charge is 0.494 e. The Balaban J connectivity index is 1.12. The van der Waals surface area contributed by atoms with Gasteiger partial charge in [0.25, 0.3) is 0 Å². The molecule has 1 nitrogen and oxygen atoms in total. The summed E-state index contributed by atoms with van der Waals surface area (Å²) in [7, 11) is 0. The molecule has 0 spiro atoms. The molecule has 3 saturated carbocycles. The van der Waals surface area contributed by atoms with Crippen molar-refractivity contribution in [2.45, 2.75) is 128 Å². The molecule has 0 saturated heterocycles. The van der Waals surface area contributed by atoms with Gasteiger partial charge >= 0.3 is 0 Å². The van der Waals surface area contributed by atoms with Gasteiger partial charge in [-0.15, -0.1) is 0 Å². The van der Waals surface area contributed by atoms with E-state index in [2.05, 4.69) is 31.2 Å². The summed E-state index contributed by atoms with van der Waals surface area (Å²) in [6.45, 7) is 2.97. The van der Waals surface area contributed by atoms with E-state index in [1.165, 1.54) is 102 Å². The molecule has 3 fully saturated rings. The molecule has 0 aliphatic heterocycles. The third kappa shape index (κ3) is 8.22. The van der Waals surface area contributed by atoms with Gasteiger partial charge in [0, 0.05) is 0 Å². The minimum atomic E-state index is -0.123. The highest BCUT2D eigenvalue weighted by Crippen LogP contribution is 2.47. The molecule has 35 heavy (non-hydrogen) atoms. The fraction of sp³-hybridized carbons (Fsp3) is 0.818. The number of unbranched alkanes of at least 4 members (excludes halogenated alkanes) is 3. The van der Waals surface area contributed by atoms with Crippen molar-refractivity contribution in [2.24, 2.45) is 29.6 Å². The van der Waals surface area contributed by atoms with Gasteiger partial charge in [0.1, 0.15) is 5.75 Å². The van der Waals surface area contributed by atoms with Gasteiger partial charge < -0.3 is 4.74 Å². The predicted molar refractivity (Wildman–Crippen MR) is 147 cm³/mol. The van der Waals surface area contributed by atoms with E-state index in [1.807, 2.05) is 0 Å². The Morgan fingerprint density at radius 2 is 1.20 bits per heavy atom. The molecule has 0 aromatic heterocycles. The van der Waals surface area contributed by atoms with Crippen molar-refractivity contribution in [3.05, 3.63) is 29.8 Å². The number of benzene rings is 1. The molecule has 4 rings (SSSR count). The van der Waals surface area contributed by atoms with Gasteiger partial charge in [0.05, 0.1) is 13.3 Å². The highest BCUT2D eigenvalue weighted by atomic mass is 19.1. The lowest BCUT2D eigenvalue weighted by molar-refractivity contribution is 0.108. The molecule has 0 atom stereocenters. The minimum absolute atomic E-state index is 0.123. The zero-order valence-corrected chi connectivity index (χ0v) is 22.7. The first-order chi connectivity index (χ1) is 17.3. The maximum absolute atomic E-state index is 12.4. The molecular formula is C33H53FO. The van der Waals surface area contributed by atoms with Crippen LogP contribution in [-0.2, 0) is 0 Å². The third-order valence-corrected chi connectivity index (χ3v) is 10.2. The lowest BCUT2D eigenvalue weighted by Gasteiger charge is -2.41. The van der Waals surface area contributed by atoms with Crippen LogP contribution in [0, 0.1) is 29.6 Å². The van der Waals surface area contributed by atoms with Crippen molar-refractivity contribution in [3.63, 3.8) is 0 Å². The Morgan fingerprint density at radius 1 is 0.657 bits per heavy atom. The van der Waals surface area contributed by atoms with Crippen LogP contribution in [0.25, 0.3) is 0 Å². The average Bonchev–Trinajstić information content (AvgIpc) is 2.92. The summed E-state index contributed by atoms with van der Waals surface area (Å²) < 4.78 is 18.3. The van der Waals surface area contributed by atoms with Crippen LogP contribution in [0.1, 0.15) is 134 Å². The molecule has 0 amide bonds. The van der Waals surface area contributed by atoms with E-state index in [9.17, 15) is 4.39 Å². The van der Waals surface area contributed by atoms with Gasteiger partial charge in [-0.05, 0) is 130 Å². The van der Waals surface area contributed by atoms with Crippen LogP contribution in [0.4, 0.5) is 4.39 Å². The van der Waals surface area contributed by atoms with Crippen molar-refractivity contribution in [2.75, 3.05) is 13.3 Å². The topological polar surface area (TPSA) is 9.23 Å². The Labute approximate surface area is 216 Å². The maximum atomic E-state index is 12.4. The molecule has 3 aliphatic carbocycles. The van der Waals surface area contributed by atoms with Crippen LogP contribution in [0.2, 0.25) is 0 Å². The highest BCUT2D eigenvalue weighted by molar-refractivity contribution is 5.29. The van der Waals surface area contributed by atoms with Crippen molar-refractivity contribution in [1.82, 2.24) is 0 Å². The lowest BCUT2D eigenvalue weighted by Crippen LogP contribution is -2.29. The third-order valence-electron chi connectivity index (χ3n) is 10.2. The summed E-state index contributed by atoms with van der Waals surface area (Å²) in [6, 6.07) is 9.07. The minimum Gasteiger partial charge on any atom is -0.494 e. The van der Waals surface area contributed by atoms with Crippen LogP contribution < -0.4 is 4.74 Å². The standard InChI is InChI=1S/C33H53FO/c1-2-3-6-25-35-33-22-20-32(21-23-33)31-18-16-30(17-19-31)29-14-12-28(13-15-29)27-10-8-26(9-11-27)7-4-5-24-34/h20-23,26-31H,2-19,24-25H2,1H3/t26-,27-,28-,29-,30?,31?. The van der Waals surface area contributed by atoms with Crippen molar-refractivity contribution in [1.29, 1.82) is 0 Å². The summed E-state index contributed by atoms with van der Waals surface area (Å²) in [6.07, 6.45) is 24.3. The fourth-order valence-corrected chi connectivity index (χ4v) is 7.87. The highest BCUT2D eigenvalue weighted by Gasteiger charge is 2.34. The summed E-state index contributed by atoms with van der Waals surface area (Å²) in [4.78, 5) is 0. The summed E-state index contributed by atoms with van der Waals surface area (Å²) in [5.74, 6) is 6.71. The number of halogens is 1. The first-order valence-corrected chi connectivity index (χ1v) is 15.6. The van der Waals surface area contributed by atoms with E-state index in [1.54, 1.807) is 0 Å². The molecule has 0 unspecified atom stereocenters. The lowest BCUT2D eigenvalue weighted by atomic mass is 9.64. The molecule has 0 heterocycles. The van der Waals surface area contributed by atoms with E-state index in [0.29, 0.717) is 0 Å². The van der Waals surface area contributed by atoms with Crippen LogP contribution in [0.5, 0.6) is 5.75 Å². The van der Waals surface area contributed by atoms with E-state index < -0.39 is 0 Å². The second kappa shape index (κ2) is 14.6. The SMILES string of the molecule is CCCCCOc1ccc(C2CCC([C@H]3CC[C@H]([C@H]4CC[C@H](CCCCF)CC4)CC3)CC2)cc1. The number of hydrogen-bond acceptors (Lipinski definition) is 1. The Hall–Kier alpha value is -1.05. The molecule has 1 aromatic rings. The van der Waals surface area contributed by atoms with Gasteiger partial charge in [-0.3, -0.25) is 4.39 Å². The second-order valence-corrected chi connectivity index (χ2v) is 12.4. The predicted octanol–water partition coefficient (Wildman–Crippen LogP) is 10.3. The van der Waals surface area contributed by atoms with E-state index in [0.717, 1.165) is 67.1 Å². The van der Waals surface area contributed by atoms with Gasteiger partial charge in [-0.25, -0.2) is 0 Å². The van der Waals surface area contributed by atoms with Crippen LogP contribution in [0.3, 0.4) is 0 Å². The first kappa shape index (κ1) is 27.0. The molecule has 1 aromatic carbocycles. The molecule has 2 heteroatoms. The van der Waals surface area contributed by atoms with Gasteiger partial charge in [0.2, 0.25) is 0 Å². The van der Waals surface area contributed by atoms with Crippen molar-refractivity contribution in [3.8, 4) is 5.75 Å².